The van der Waals surface area contributed by atoms with Crippen LogP contribution in [0.25, 0.3) is 0 Å². The van der Waals surface area contributed by atoms with Crippen LogP contribution in [0.4, 0.5) is 0 Å². The summed E-state index contributed by atoms with van der Waals surface area (Å²) >= 11 is 3.95. The lowest BCUT2D eigenvalue weighted by atomic mass is 10.1. The molecule has 0 bridgehead atoms. The molecule has 2 atom stereocenters. The van der Waals surface area contributed by atoms with Crippen LogP contribution in [0.15, 0.2) is 0 Å². The molecule has 0 aliphatic heterocycles. The number of hydrogen-bond acceptors (Lipinski definition) is 6. The van der Waals surface area contributed by atoms with Crippen LogP contribution in [0.2, 0.25) is 0 Å². The predicted octanol–water partition coefficient (Wildman–Crippen LogP) is -1.44. The second kappa shape index (κ2) is 8.76. The molecule has 0 aromatic heterocycles. The largest absolute Gasteiger partial charge is 0.464 e. The maximum Gasteiger partial charge on any atom is 0.329 e. The highest BCUT2D eigenvalue weighted by Crippen LogP contribution is 1.98. The van der Waals surface area contributed by atoms with Crippen molar-refractivity contribution in [2.24, 2.45) is 11.5 Å². The molecule has 0 saturated heterocycles. The lowest BCUT2D eigenvalue weighted by Gasteiger charge is -2.17. The van der Waals surface area contributed by atoms with Gasteiger partial charge in [-0.25, -0.2) is 4.79 Å². The average Bonchev–Trinajstić information content (AvgIpc) is 2.32. The fourth-order valence-corrected chi connectivity index (χ4v) is 1.37. The summed E-state index contributed by atoms with van der Waals surface area (Å²) in [4.78, 5) is 33.5. The smallest absolute Gasteiger partial charge is 0.329 e. The van der Waals surface area contributed by atoms with Crippen LogP contribution in [-0.2, 0) is 19.1 Å². The number of nitrogens with two attached hydrogens (primary N) is 2. The normalized spacial score (nSPS) is 13.5. The fourth-order valence-electron chi connectivity index (χ4n) is 1.13. The van der Waals surface area contributed by atoms with Gasteiger partial charge in [-0.05, 0) is 13.3 Å². The van der Waals surface area contributed by atoms with Gasteiger partial charge >= 0.3 is 5.97 Å². The summed E-state index contributed by atoms with van der Waals surface area (Å²) in [5, 5.41) is 2.41. The van der Waals surface area contributed by atoms with Crippen LogP contribution in [0.1, 0.15) is 19.8 Å². The van der Waals surface area contributed by atoms with E-state index in [-0.39, 0.29) is 25.2 Å². The zero-order valence-electron chi connectivity index (χ0n) is 10.2. The Hall–Kier alpha value is -1.28. The van der Waals surface area contributed by atoms with Gasteiger partial charge in [0.05, 0.1) is 12.6 Å². The van der Waals surface area contributed by atoms with Gasteiger partial charge in [0.1, 0.15) is 6.04 Å². The summed E-state index contributed by atoms with van der Waals surface area (Å²) in [6.07, 6.45) is 0.142. The molecule has 0 aliphatic rings. The molecule has 7 nitrogen and oxygen atoms in total. The molecule has 0 rings (SSSR count). The molecular formula is C10H19N3O4S. The molecule has 0 spiro atoms. The molecule has 5 N–H and O–H groups in total. The van der Waals surface area contributed by atoms with E-state index in [1.54, 1.807) is 6.92 Å². The van der Waals surface area contributed by atoms with Crippen molar-refractivity contribution in [3.63, 3.8) is 0 Å². The van der Waals surface area contributed by atoms with Gasteiger partial charge in [0, 0.05) is 12.2 Å². The van der Waals surface area contributed by atoms with Gasteiger partial charge in [-0.3, -0.25) is 9.59 Å². The summed E-state index contributed by atoms with van der Waals surface area (Å²) < 4.78 is 4.76. The maximum absolute atomic E-state index is 11.6. The van der Waals surface area contributed by atoms with E-state index in [1.165, 1.54) is 0 Å². The standard InChI is InChI=1S/C10H19N3O4S/c1-2-17-10(16)7(5-18)13-9(15)6(11)3-4-8(12)14/h6-7,18H,2-5,11H2,1H3,(H2,12,14)(H,13,15)/t6-,7-/m0/s1. The Morgan fingerprint density at radius 3 is 2.44 bits per heavy atom. The van der Waals surface area contributed by atoms with Gasteiger partial charge in [-0.1, -0.05) is 0 Å². The van der Waals surface area contributed by atoms with Gasteiger partial charge in [0.25, 0.3) is 0 Å². The zero-order valence-corrected chi connectivity index (χ0v) is 11.1. The molecule has 104 valence electrons. The first-order valence-corrected chi connectivity index (χ1v) is 6.17. The van der Waals surface area contributed by atoms with Crippen LogP contribution < -0.4 is 16.8 Å². The van der Waals surface area contributed by atoms with Crippen LogP contribution in [0, 0.1) is 0 Å². The van der Waals surface area contributed by atoms with E-state index in [4.69, 9.17) is 16.2 Å². The second-order valence-electron chi connectivity index (χ2n) is 3.61. The van der Waals surface area contributed by atoms with E-state index in [9.17, 15) is 14.4 Å². The molecule has 0 unspecified atom stereocenters. The number of hydrogen-bond donors (Lipinski definition) is 4. The molecule has 0 aliphatic carbocycles. The molecule has 8 heteroatoms. The minimum atomic E-state index is -0.894. The number of ether oxygens (including phenoxy) is 1. The summed E-state index contributed by atoms with van der Waals surface area (Å²) in [6, 6.07) is -1.74. The Labute approximate surface area is 111 Å². The number of carbonyl (C=O) groups is 3. The van der Waals surface area contributed by atoms with Crippen LogP contribution >= 0.6 is 12.6 Å². The number of primary amides is 1. The minimum Gasteiger partial charge on any atom is -0.464 e. The first-order chi connectivity index (χ1) is 8.42. The number of amides is 2. The first-order valence-electron chi connectivity index (χ1n) is 5.54. The Balaban J connectivity index is 4.25. The third kappa shape index (κ3) is 6.45. The van der Waals surface area contributed by atoms with Crippen molar-refractivity contribution in [2.45, 2.75) is 31.8 Å². The topological polar surface area (TPSA) is 125 Å². The van der Waals surface area contributed by atoms with E-state index in [0.717, 1.165) is 0 Å². The van der Waals surface area contributed by atoms with Crippen molar-refractivity contribution in [1.29, 1.82) is 0 Å². The van der Waals surface area contributed by atoms with Gasteiger partial charge in [-0.15, -0.1) is 0 Å². The molecule has 0 heterocycles. The highest BCUT2D eigenvalue weighted by Gasteiger charge is 2.23. The van der Waals surface area contributed by atoms with E-state index in [1.807, 2.05) is 0 Å². The number of nitrogens with one attached hydrogen (secondary N) is 1. The van der Waals surface area contributed by atoms with Crippen molar-refractivity contribution < 1.29 is 19.1 Å². The molecule has 0 radical (unpaired) electrons. The summed E-state index contributed by atoms with van der Waals surface area (Å²) in [6.45, 7) is 1.88. The molecule has 0 aromatic rings. The molecular weight excluding hydrogens is 258 g/mol. The van der Waals surface area contributed by atoms with E-state index in [2.05, 4.69) is 17.9 Å². The summed E-state index contributed by atoms with van der Waals surface area (Å²) in [7, 11) is 0. The third-order valence-corrected chi connectivity index (χ3v) is 2.47. The van der Waals surface area contributed by atoms with Crippen LogP contribution in [-0.4, -0.2) is 42.2 Å². The van der Waals surface area contributed by atoms with Gasteiger partial charge in [-0.2, -0.15) is 12.6 Å². The monoisotopic (exact) mass is 277 g/mol. The number of carbonyl (C=O) groups excluding carboxylic acids is 3. The second-order valence-corrected chi connectivity index (χ2v) is 3.97. The lowest BCUT2D eigenvalue weighted by molar-refractivity contribution is -0.146. The zero-order chi connectivity index (χ0) is 14.1. The predicted molar refractivity (Wildman–Crippen MR) is 68.8 cm³/mol. The van der Waals surface area contributed by atoms with Gasteiger partial charge in [0.15, 0.2) is 0 Å². The van der Waals surface area contributed by atoms with Crippen molar-refractivity contribution in [3.8, 4) is 0 Å². The van der Waals surface area contributed by atoms with Crippen molar-refractivity contribution in [1.82, 2.24) is 5.32 Å². The molecule has 0 saturated carbocycles. The molecule has 2 amide bonds. The van der Waals surface area contributed by atoms with Crippen molar-refractivity contribution >= 4 is 30.4 Å². The Morgan fingerprint density at radius 1 is 1.39 bits per heavy atom. The average molecular weight is 277 g/mol. The molecule has 0 aromatic carbocycles. The van der Waals surface area contributed by atoms with Crippen LogP contribution in [0.5, 0.6) is 0 Å². The third-order valence-electron chi connectivity index (χ3n) is 2.11. The Morgan fingerprint density at radius 2 is 2.00 bits per heavy atom. The van der Waals surface area contributed by atoms with Crippen LogP contribution in [0.3, 0.4) is 0 Å². The summed E-state index contributed by atoms with van der Waals surface area (Å²) in [5.41, 5.74) is 10.5. The highest BCUT2D eigenvalue weighted by atomic mass is 32.1. The maximum atomic E-state index is 11.6. The fraction of sp³-hybridized carbons (Fsp3) is 0.700. The van der Waals surface area contributed by atoms with E-state index < -0.39 is 29.9 Å². The lowest BCUT2D eigenvalue weighted by Crippen LogP contribution is -2.50. The number of rotatable bonds is 8. The van der Waals surface area contributed by atoms with E-state index >= 15 is 0 Å². The molecule has 0 fully saturated rings. The Kier molecular flexibility index (Phi) is 8.14. The van der Waals surface area contributed by atoms with Crippen molar-refractivity contribution in [3.05, 3.63) is 0 Å². The Bertz CT molecular complexity index is 311. The molecule has 18 heavy (non-hydrogen) atoms. The quantitative estimate of drug-likeness (QED) is 0.319. The van der Waals surface area contributed by atoms with Gasteiger partial charge in [0.2, 0.25) is 11.8 Å². The van der Waals surface area contributed by atoms with E-state index in [0.29, 0.717) is 0 Å². The van der Waals surface area contributed by atoms with Crippen molar-refractivity contribution in [2.75, 3.05) is 12.4 Å². The highest BCUT2D eigenvalue weighted by molar-refractivity contribution is 7.80. The summed E-state index contributed by atoms with van der Waals surface area (Å²) in [5.74, 6) is -1.53. The SMILES string of the molecule is CCOC(=O)[C@H](CS)NC(=O)[C@@H](N)CCC(N)=O. The number of esters is 1. The first kappa shape index (κ1) is 16.7. The van der Waals surface area contributed by atoms with Gasteiger partial charge < -0.3 is 21.5 Å². The minimum absolute atomic E-state index is 0.0134. The number of thiol groups is 1.